The van der Waals surface area contributed by atoms with E-state index in [1.807, 2.05) is 12.1 Å². The Kier molecular flexibility index (Phi) is 7.92. The molecule has 2 aliphatic carbocycles. The van der Waals surface area contributed by atoms with Gasteiger partial charge in [0, 0.05) is 53.4 Å². The summed E-state index contributed by atoms with van der Waals surface area (Å²) in [6.45, 7) is 6.96. The molecule has 7 heteroatoms. The second-order valence-electron chi connectivity index (χ2n) is 10.4. The fraction of sp³-hybridized carbons (Fsp3) is 0.364. The number of carboxylic acids is 1. The molecule has 0 unspecified atom stereocenters. The highest BCUT2D eigenvalue weighted by molar-refractivity contribution is 6.06. The maximum absolute atomic E-state index is 13.5. The summed E-state index contributed by atoms with van der Waals surface area (Å²) < 4.78 is 12.1. The molecule has 0 radical (unpaired) electrons. The number of hydrogen-bond acceptors (Lipinski definition) is 6. The Morgan fingerprint density at radius 1 is 1.02 bits per heavy atom. The van der Waals surface area contributed by atoms with Gasteiger partial charge in [-0.1, -0.05) is 24.3 Å². The van der Waals surface area contributed by atoms with Gasteiger partial charge in [-0.2, -0.15) is 0 Å². The Morgan fingerprint density at radius 3 is 2.17 bits per heavy atom. The van der Waals surface area contributed by atoms with Crippen LogP contribution >= 0.6 is 0 Å². The lowest BCUT2D eigenvalue weighted by molar-refractivity contribution is -0.117. The molecule has 0 bridgehead atoms. The van der Waals surface area contributed by atoms with Crippen molar-refractivity contribution in [2.45, 2.75) is 64.4 Å². The van der Waals surface area contributed by atoms with Gasteiger partial charge >= 0.3 is 5.97 Å². The van der Waals surface area contributed by atoms with Crippen molar-refractivity contribution in [1.82, 2.24) is 4.90 Å². The Hall–Kier alpha value is -4.13. The topological polar surface area (TPSA) is 93.1 Å². The average Bonchev–Trinajstić information content (AvgIpc) is 2.95. The van der Waals surface area contributed by atoms with Crippen molar-refractivity contribution >= 4 is 17.5 Å². The molecule has 0 saturated carbocycles. The third-order valence-corrected chi connectivity index (χ3v) is 8.06. The quantitative estimate of drug-likeness (QED) is 0.382. The monoisotopic (exact) mass is 541 g/mol. The lowest BCUT2D eigenvalue weighted by atomic mass is 9.70. The Bertz CT molecular complexity index is 1390. The largest absolute Gasteiger partial charge is 0.493 e. The van der Waals surface area contributed by atoms with Gasteiger partial charge in [0.25, 0.3) is 0 Å². The van der Waals surface area contributed by atoms with E-state index in [-0.39, 0.29) is 23.7 Å². The van der Waals surface area contributed by atoms with Crippen molar-refractivity contribution in [2.24, 2.45) is 0 Å². The molecule has 0 saturated heterocycles. The number of methoxy groups -OCH3 is 1. The minimum Gasteiger partial charge on any atom is -0.493 e. The summed E-state index contributed by atoms with van der Waals surface area (Å²) in [5.74, 6) is -0.0956. The number of carboxylic acid groups (broad SMARTS) is 1. The number of nitrogens with zero attached hydrogens (tertiary/aromatic N) is 1. The van der Waals surface area contributed by atoms with Crippen LogP contribution in [0.15, 0.2) is 71.6 Å². The van der Waals surface area contributed by atoms with E-state index in [1.165, 1.54) is 0 Å². The van der Waals surface area contributed by atoms with Crippen LogP contribution in [0.5, 0.6) is 11.5 Å². The van der Waals surface area contributed by atoms with Crippen LogP contribution in [0.25, 0.3) is 0 Å². The van der Waals surface area contributed by atoms with Gasteiger partial charge in [0.05, 0.1) is 12.7 Å². The van der Waals surface area contributed by atoms with Gasteiger partial charge in [-0.15, -0.1) is 6.58 Å². The second kappa shape index (κ2) is 11.5. The SMILES string of the molecule is C=CCc1cc(C2C3=C(CCCC3=O)N(CC)C3=C2C(=O)CCC3)cc(OC)c1OCc1ccc(C(=O)O)cc1. The number of aromatic carboxylic acids is 1. The lowest BCUT2D eigenvalue weighted by Gasteiger charge is -2.43. The van der Waals surface area contributed by atoms with Crippen molar-refractivity contribution in [1.29, 1.82) is 0 Å². The molecular weight excluding hydrogens is 506 g/mol. The van der Waals surface area contributed by atoms with Gasteiger partial charge in [-0.3, -0.25) is 9.59 Å². The van der Waals surface area contributed by atoms with Crippen LogP contribution in [0.3, 0.4) is 0 Å². The lowest BCUT2D eigenvalue weighted by Crippen LogP contribution is -2.39. The van der Waals surface area contributed by atoms with E-state index in [4.69, 9.17) is 9.47 Å². The summed E-state index contributed by atoms with van der Waals surface area (Å²) in [6.07, 6.45) is 6.57. The Balaban J connectivity index is 1.60. The third kappa shape index (κ3) is 4.96. The fourth-order valence-electron chi connectivity index (χ4n) is 6.30. The first kappa shape index (κ1) is 27.4. The van der Waals surface area contributed by atoms with Gasteiger partial charge in [0.15, 0.2) is 23.1 Å². The molecule has 0 atom stereocenters. The van der Waals surface area contributed by atoms with Crippen LogP contribution < -0.4 is 9.47 Å². The second-order valence-corrected chi connectivity index (χ2v) is 10.4. The molecule has 1 N–H and O–H groups in total. The van der Waals surface area contributed by atoms with E-state index in [9.17, 15) is 19.5 Å². The number of Topliss-reactive ketones (excluding diaryl/α,β-unsaturated/α-hetero) is 2. The van der Waals surface area contributed by atoms with Crippen LogP contribution in [0, 0.1) is 0 Å². The first-order chi connectivity index (χ1) is 19.4. The summed E-state index contributed by atoms with van der Waals surface area (Å²) in [5, 5.41) is 9.18. The summed E-state index contributed by atoms with van der Waals surface area (Å²) in [6, 6.07) is 10.5. The van der Waals surface area contributed by atoms with Gasteiger partial charge in [0.1, 0.15) is 6.61 Å². The average molecular weight is 542 g/mol. The molecule has 40 heavy (non-hydrogen) atoms. The van der Waals surface area contributed by atoms with E-state index in [0.717, 1.165) is 71.5 Å². The highest BCUT2D eigenvalue weighted by Gasteiger charge is 2.43. The maximum Gasteiger partial charge on any atom is 0.335 e. The number of carbonyl (C=O) groups is 3. The van der Waals surface area contributed by atoms with Gasteiger partial charge in [0.2, 0.25) is 0 Å². The number of ether oxygens (including phenoxy) is 2. The number of ketones is 2. The van der Waals surface area contributed by atoms with Crippen molar-refractivity contribution in [3.8, 4) is 11.5 Å². The molecule has 0 spiro atoms. The van der Waals surface area contributed by atoms with Gasteiger partial charge in [-0.25, -0.2) is 4.79 Å². The van der Waals surface area contributed by atoms with Crippen LogP contribution in [-0.2, 0) is 22.6 Å². The number of rotatable bonds is 9. The number of benzene rings is 2. The zero-order chi connectivity index (χ0) is 28.4. The zero-order valence-electron chi connectivity index (χ0n) is 23.1. The molecule has 1 heterocycles. The Morgan fingerprint density at radius 2 is 1.65 bits per heavy atom. The molecule has 2 aromatic carbocycles. The summed E-state index contributed by atoms with van der Waals surface area (Å²) in [5.41, 5.74) is 6.36. The molecule has 208 valence electrons. The van der Waals surface area contributed by atoms with Crippen LogP contribution in [-0.4, -0.2) is 41.2 Å². The minimum absolute atomic E-state index is 0.115. The first-order valence-corrected chi connectivity index (χ1v) is 13.9. The number of allylic oxidation sites excluding steroid dienone is 5. The van der Waals surface area contributed by atoms with E-state index in [0.29, 0.717) is 30.8 Å². The van der Waals surface area contributed by atoms with Gasteiger partial charge < -0.3 is 19.5 Å². The van der Waals surface area contributed by atoms with E-state index in [2.05, 4.69) is 18.4 Å². The fourth-order valence-corrected chi connectivity index (χ4v) is 6.30. The predicted octanol–water partition coefficient (Wildman–Crippen LogP) is 6.13. The molecule has 5 rings (SSSR count). The first-order valence-electron chi connectivity index (χ1n) is 13.9. The molecule has 1 aliphatic heterocycles. The van der Waals surface area contributed by atoms with Crippen molar-refractivity contribution in [3.63, 3.8) is 0 Å². The van der Waals surface area contributed by atoms with E-state index < -0.39 is 11.9 Å². The molecule has 0 aromatic heterocycles. The molecular formula is C33H35NO6. The van der Waals surface area contributed by atoms with E-state index >= 15 is 0 Å². The normalized spacial score (nSPS) is 17.5. The summed E-state index contributed by atoms with van der Waals surface area (Å²) in [4.78, 5) is 40.4. The van der Waals surface area contributed by atoms with Crippen LogP contribution in [0.1, 0.15) is 78.4 Å². The summed E-state index contributed by atoms with van der Waals surface area (Å²) in [7, 11) is 1.58. The molecule has 2 aromatic rings. The molecule has 7 nitrogen and oxygen atoms in total. The van der Waals surface area contributed by atoms with E-state index in [1.54, 1.807) is 37.5 Å². The van der Waals surface area contributed by atoms with Gasteiger partial charge in [-0.05, 0) is 68.4 Å². The number of hydrogen-bond donors (Lipinski definition) is 1. The smallest absolute Gasteiger partial charge is 0.335 e. The van der Waals surface area contributed by atoms with Crippen molar-refractivity contribution in [2.75, 3.05) is 13.7 Å². The van der Waals surface area contributed by atoms with Crippen molar-refractivity contribution in [3.05, 3.63) is 93.8 Å². The molecule has 0 amide bonds. The zero-order valence-corrected chi connectivity index (χ0v) is 23.1. The standard InChI is InChI=1S/C33H35NO6/c1-4-8-22-17-23(18-28(39-3)32(22)40-19-20-13-15-21(16-14-20)33(37)38)29-30-24(9-6-11-26(30)35)34(5-2)25-10-7-12-27(36)31(25)29/h4,13-18,29H,1,5-12,19H2,2-3H3,(H,37,38). The molecule has 3 aliphatic rings. The minimum atomic E-state index is -0.979. The highest BCUT2D eigenvalue weighted by atomic mass is 16.5. The maximum atomic E-state index is 13.5. The predicted molar refractivity (Wildman–Crippen MR) is 152 cm³/mol. The highest BCUT2D eigenvalue weighted by Crippen LogP contribution is 2.50. The van der Waals surface area contributed by atoms with Crippen LogP contribution in [0.2, 0.25) is 0 Å². The number of carbonyl (C=O) groups excluding carboxylic acids is 2. The Labute approximate surface area is 234 Å². The van der Waals surface area contributed by atoms with Crippen molar-refractivity contribution < 1.29 is 29.0 Å². The van der Waals surface area contributed by atoms with Crippen LogP contribution in [0.4, 0.5) is 0 Å². The summed E-state index contributed by atoms with van der Waals surface area (Å²) >= 11 is 0. The molecule has 0 fully saturated rings. The third-order valence-electron chi connectivity index (χ3n) is 8.06.